The summed E-state index contributed by atoms with van der Waals surface area (Å²) < 4.78 is 0. The number of nitrogens with zero attached hydrogens (tertiary/aromatic N) is 1. The molecule has 1 heterocycles. The molecule has 0 radical (unpaired) electrons. The molecule has 0 saturated heterocycles. The zero-order valence-electron chi connectivity index (χ0n) is 16.8. The van der Waals surface area contributed by atoms with E-state index in [1.54, 1.807) is 24.3 Å². The molecule has 1 aliphatic carbocycles. The second-order valence-electron chi connectivity index (χ2n) is 7.99. The van der Waals surface area contributed by atoms with E-state index < -0.39 is 0 Å². The number of carbonyl (C=O) groups excluding carboxylic acids is 3. The Morgan fingerprint density at radius 3 is 2.32 bits per heavy atom. The molecule has 2 aliphatic rings. The topological polar surface area (TPSA) is 66.5 Å². The lowest BCUT2D eigenvalue weighted by molar-refractivity contribution is -0.121. The van der Waals surface area contributed by atoms with Crippen molar-refractivity contribution in [3.8, 4) is 0 Å². The number of hydrogen-bond donors (Lipinski definition) is 1. The molecule has 152 valence electrons. The lowest BCUT2D eigenvalue weighted by atomic mass is 9.85. The lowest BCUT2D eigenvalue weighted by Crippen LogP contribution is -2.36. The van der Waals surface area contributed by atoms with Gasteiger partial charge in [0, 0.05) is 24.3 Å². The van der Waals surface area contributed by atoms with Gasteiger partial charge in [0.05, 0.1) is 11.1 Å². The van der Waals surface area contributed by atoms with Crippen LogP contribution in [0.3, 0.4) is 0 Å². The Morgan fingerprint density at radius 2 is 1.75 bits per heavy atom. The minimum Gasteiger partial charge on any atom is -0.354 e. The summed E-state index contributed by atoms with van der Waals surface area (Å²) in [5, 5.41) is 3.89. The number of benzene rings is 1. The summed E-state index contributed by atoms with van der Waals surface area (Å²) in [6, 6.07) is 7.04. The maximum atomic E-state index is 12.3. The normalized spacial score (nSPS) is 22.9. The summed E-state index contributed by atoms with van der Waals surface area (Å²) >= 11 is 1.97. The van der Waals surface area contributed by atoms with Crippen LogP contribution in [0.5, 0.6) is 0 Å². The first-order chi connectivity index (χ1) is 13.5. The number of imide groups is 1. The minimum absolute atomic E-state index is 0.00177. The van der Waals surface area contributed by atoms with Gasteiger partial charge in [0.15, 0.2) is 0 Å². The van der Waals surface area contributed by atoms with E-state index in [-0.39, 0.29) is 30.3 Å². The molecular weight excluding hydrogens is 372 g/mol. The molecule has 0 aromatic heterocycles. The molecule has 1 aliphatic heterocycles. The third-order valence-electron chi connectivity index (χ3n) is 5.89. The number of carbonyl (C=O) groups is 3. The quantitative estimate of drug-likeness (QED) is 0.670. The van der Waals surface area contributed by atoms with E-state index in [2.05, 4.69) is 18.5 Å². The number of thioether (sulfide) groups is 1. The molecule has 1 atom stereocenters. The highest BCUT2D eigenvalue weighted by molar-refractivity contribution is 7.99. The molecule has 1 saturated carbocycles. The maximum Gasteiger partial charge on any atom is 0.261 e. The number of amides is 3. The van der Waals surface area contributed by atoms with Crippen LogP contribution in [0.15, 0.2) is 24.3 Å². The van der Waals surface area contributed by atoms with E-state index in [4.69, 9.17) is 0 Å². The standard InChI is InChI=1S/C22H30N2O3S/c1-15(14-16-9-11-17(28-2)12-10-16)23-20(25)8-5-13-24-21(26)18-6-3-4-7-19(18)22(24)27/h3-4,6-7,15-17H,5,8-14H2,1-2H3,(H,23,25). The van der Waals surface area contributed by atoms with Crippen LogP contribution in [0.2, 0.25) is 0 Å². The van der Waals surface area contributed by atoms with E-state index in [0.29, 0.717) is 29.9 Å². The summed E-state index contributed by atoms with van der Waals surface area (Å²) in [5.74, 6) is 0.199. The van der Waals surface area contributed by atoms with Gasteiger partial charge in [0.25, 0.3) is 11.8 Å². The molecule has 1 N–H and O–H groups in total. The Morgan fingerprint density at radius 1 is 1.14 bits per heavy atom. The highest BCUT2D eigenvalue weighted by Gasteiger charge is 2.34. The number of fused-ring (bicyclic) bond motifs is 1. The van der Waals surface area contributed by atoms with Gasteiger partial charge in [0.1, 0.15) is 0 Å². The van der Waals surface area contributed by atoms with Gasteiger partial charge in [0.2, 0.25) is 5.91 Å². The molecule has 28 heavy (non-hydrogen) atoms. The van der Waals surface area contributed by atoms with E-state index in [1.165, 1.54) is 30.6 Å². The third-order valence-corrected chi connectivity index (χ3v) is 7.02. The van der Waals surface area contributed by atoms with Crippen molar-refractivity contribution in [2.45, 2.75) is 63.2 Å². The third kappa shape index (κ3) is 4.96. The Bertz CT molecular complexity index is 693. The smallest absolute Gasteiger partial charge is 0.261 e. The van der Waals surface area contributed by atoms with Crippen LogP contribution < -0.4 is 5.32 Å². The fourth-order valence-electron chi connectivity index (χ4n) is 4.35. The van der Waals surface area contributed by atoms with Crippen molar-refractivity contribution >= 4 is 29.5 Å². The van der Waals surface area contributed by atoms with Crippen LogP contribution in [-0.2, 0) is 4.79 Å². The van der Waals surface area contributed by atoms with Crippen molar-refractivity contribution in [2.75, 3.05) is 12.8 Å². The molecule has 1 aromatic rings. The van der Waals surface area contributed by atoms with Gasteiger partial charge >= 0.3 is 0 Å². The average Bonchev–Trinajstić information content (AvgIpc) is 2.93. The molecule has 5 nitrogen and oxygen atoms in total. The highest BCUT2D eigenvalue weighted by Crippen LogP contribution is 2.33. The van der Waals surface area contributed by atoms with Crippen LogP contribution in [-0.4, -0.2) is 46.7 Å². The molecule has 6 heteroatoms. The summed E-state index contributed by atoms with van der Waals surface area (Å²) in [5.41, 5.74) is 0.920. The van der Waals surface area contributed by atoms with Crippen molar-refractivity contribution in [3.63, 3.8) is 0 Å². The second-order valence-corrected chi connectivity index (χ2v) is 9.13. The van der Waals surface area contributed by atoms with Gasteiger partial charge in [-0.2, -0.15) is 11.8 Å². The number of nitrogens with one attached hydrogen (secondary N) is 1. The molecule has 3 rings (SSSR count). The summed E-state index contributed by atoms with van der Waals surface area (Å²) in [6.07, 6.45) is 9.12. The summed E-state index contributed by atoms with van der Waals surface area (Å²) in [6.45, 7) is 2.36. The van der Waals surface area contributed by atoms with Crippen LogP contribution in [0.25, 0.3) is 0 Å². The molecule has 1 fully saturated rings. The fourth-order valence-corrected chi connectivity index (χ4v) is 5.09. The molecular formula is C22H30N2O3S. The average molecular weight is 403 g/mol. The van der Waals surface area contributed by atoms with Crippen molar-refractivity contribution in [3.05, 3.63) is 35.4 Å². The zero-order chi connectivity index (χ0) is 20.1. The van der Waals surface area contributed by atoms with Gasteiger partial charge in [-0.15, -0.1) is 0 Å². The fraction of sp³-hybridized carbons (Fsp3) is 0.591. The van der Waals surface area contributed by atoms with Gasteiger partial charge in [-0.05, 0) is 69.8 Å². The summed E-state index contributed by atoms with van der Waals surface area (Å²) in [7, 11) is 0. The first-order valence-corrected chi connectivity index (χ1v) is 11.6. The van der Waals surface area contributed by atoms with Crippen LogP contribution in [0, 0.1) is 5.92 Å². The molecule has 0 spiro atoms. The first kappa shape index (κ1) is 20.9. The van der Waals surface area contributed by atoms with Crippen LogP contribution in [0.1, 0.15) is 72.6 Å². The Kier molecular flexibility index (Phi) is 7.16. The highest BCUT2D eigenvalue weighted by atomic mass is 32.2. The van der Waals surface area contributed by atoms with E-state index in [9.17, 15) is 14.4 Å². The minimum atomic E-state index is -0.254. The van der Waals surface area contributed by atoms with E-state index in [0.717, 1.165) is 11.7 Å². The zero-order valence-corrected chi connectivity index (χ0v) is 17.6. The van der Waals surface area contributed by atoms with Crippen LogP contribution >= 0.6 is 11.8 Å². The van der Waals surface area contributed by atoms with Crippen molar-refractivity contribution in [2.24, 2.45) is 5.92 Å². The number of hydrogen-bond acceptors (Lipinski definition) is 4. The first-order valence-electron chi connectivity index (χ1n) is 10.3. The lowest BCUT2D eigenvalue weighted by Gasteiger charge is -2.29. The van der Waals surface area contributed by atoms with Crippen molar-refractivity contribution < 1.29 is 14.4 Å². The monoisotopic (exact) mass is 402 g/mol. The molecule has 3 amide bonds. The van der Waals surface area contributed by atoms with Gasteiger partial charge < -0.3 is 5.32 Å². The Balaban J connectivity index is 1.37. The van der Waals surface area contributed by atoms with E-state index in [1.807, 2.05) is 11.8 Å². The summed E-state index contributed by atoms with van der Waals surface area (Å²) in [4.78, 5) is 38.2. The van der Waals surface area contributed by atoms with Crippen molar-refractivity contribution in [1.82, 2.24) is 10.2 Å². The molecule has 1 aromatic carbocycles. The Labute approximate surface area is 171 Å². The van der Waals surface area contributed by atoms with Crippen molar-refractivity contribution in [1.29, 1.82) is 0 Å². The SMILES string of the molecule is CSC1CCC(CC(C)NC(=O)CCCN2C(=O)c3ccccc3C2=O)CC1. The predicted molar refractivity (Wildman–Crippen MR) is 113 cm³/mol. The van der Waals surface area contributed by atoms with Gasteiger partial charge in [-0.1, -0.05) is 12.1 Å². The Hall–Kier alpha value is -1.82. The maximum absolute atomic E-state index is 12.3. The second kappa shape index (κ2) is 9.59. The van der Waals surface area contributed by atoms with Gasteiger partial charge in [-0.25, -0.2) is 0 Å². The largest absolute Gasteiger partial charge is 0.354 e. The van der Waals surface area contributed by atoms with Gasteiger partial charge in [-0.3, -0.25) is 19.3 Å². The number of rotatable bonds is 8. The molecule has 0 bridgehead atoms. The van der Waals surface area contributed by atoms with E-state index >= 15 is 0 Å². The molecule has 1 unspecified atom stereocenters. The van der Waals surface area contributed by atoms with Crippen LogP contribution in [0.4, 0.5) is 0 Å². The predicted octanol–water partition coefficient (Wildman–Crippen LogP) is 3.88.